The lowest BCUT2D eigenvalue weighted by Gasteiger charge is -2.00. The van der Waals surface area contributed by atoms with Gasteiger partial charge in [0.15, 0.2) is 0 Å². The van der Waals surface area contributed by atoms with Crippen LogP contribution in [0.25, 0.3) is 0 Å². The van der Waals surface area contributed by atoms with E-state index in [-0.39, 0.29) is 0 Å². The molecular formula is C6H11N3. The molecule has 0 N–H and O–H groups in total. The molecule has 3 heteroatoms. The van der Waals surface area contributed by atoms with Crippen LogP contribution in [-0.4, -0.2) is 31.9 Å². The number of rotatable bonds is 3. The number of nitrogens with zero attached hydrogens (tertiary/aromatic N) is 3. The third kappa shape index (κ3) is 6.96. The molecule has 0 aliphatic rings. The summed E-state index contributed by atoms with van der Waals surface area (Å²) in [5.41, 5.74) is 0. The fourth-order valence-corrected chi connectivity index (χ4v) is 0.336. The molecule has 50 valence electrons. The summed E-state index contributed by atoms with van der Waals surface area (Å²) in [5.74, 6) is 0. The fourth-order valence-electron chi connectivity index (χ4n) is 0.336. The van der Waals surface area contributed by atoms with Gasteiger partial charge in [0, 0.05) is 14.1 Å². The molecule has 0 aromatic heterocycles. The lowest BCUT2D eigenvalue weighted by atomic mass is 10.5. The quantitative estimate of drug-likeness (QED) is 0.313. The van der Waals surface area contributed by atoms with Gasteiger partial charge in [-0.3, -0.25) is 4.99 Å². The highest BCUT2D eigenvalue weighted by Crippen LogP contribution is 1.75. The molecule has 0 fully saturated rings. The second-order valence-corrected chi connectivity index (χ2v) is 1.89. The molecule has 9 heavy (non-hydrogen) atoms. The maximum atomic E-state index is 8.09. The summed E-state index contributed by atoms with van der Waals surface area (Å²) in [6.07, 6.45) is 2.21. The smallest absolute Gasteiger partial charge is 0.0845 e. The van der Waals surface area contributed by atoms with Crippen molar-refractivity contribution in [1.29, 1.82) is 5.26 Å². The van der Waals surface area contributed by atoms with Crippen molar-refractivity contribution < 1.29 is 0 Å². The largest absolute Gasteiger partial charge is 0.369 e. The molecule has 0 amide bonds. The highest BCUT2D eigenvalue weighted by Gasteiger charge is 1.77. The van der Waals surface area contributed by atoms with E-state index >= 15 is 0 Å². The SMILES string of the molecule is CN(C)C=NCCC#N. The van der Waals surface area contributed by atoms with Gasteiger partial charge in [-0.1, -0.05) is 0 Å². The monoisotopic (exact) mass is 125 g/mol. The van der Waals surface area contributed by atoms with Gasteiger partial charge in [0.2, 0.25) is 0 Å². The molecule has 0 aliphatic carbocycles. The lowest BCUT2D eigenvalue weighted by molar-refractivity contribution is 0.639. The van der Waals surface area contributed by atoms with Crippen LogP contribution < -0.4 is 0 Å². The number of nitriles is 1. The van der Waals surface area contributed by atoms with Crippen molar-refractivity contribution >= 4 is 6.34 Å². The predicted octanol–water partition coefficient (Wildman–Crippen LogP) is 0.490. The first-order valence-corrected chi connectivity index (χ1v) is 2.80. The Morgan fingerprint density at radius 1 is 1.67 bits per heavy atom. The summed E-state index contributed by atoms with van der Waals surface area (Å²) >= 11 is 0. The summed E-state index contributed by atoms with van der Waals surface area (Å²) in [4.78, 5) is 5.78. The highest BCUT2D eigenvalue weighted by molar-refractivity contribution is 5.53. The molecule has 0 saturated heterocycles. The van der Waals surface area contributed by atoms with Gasteiger partial charge in [-0.15, -0.1) is 0 Å². The fraction of sp³-hybridized carbons (Fsp3) is 0.667. The van der Waals surface area contributed by atoms with Crippen LogP contribution in [0.3, 0.4) is 0 Å². The van der Waals surface area contributed by atoms with Crippen LogP contribution in [0.5, 0.6) is 0 Å². The van der Waals surface area contributed by atoms with Gasteiger partial charge in [-0.2, -0.15) is 5.26 Å². The van der Waals surface area contributed by atoms with E-state index in [1.807, 2.05) is 25.1 Å². The minimum Gasteiger partial charge on any atom is -0.369 e. The summed E-state index contributed by atoms with van der Waals surface area (Å²) in [6.45, 7) is 0.606. The third-order valence-electron chi connectivity index (χ3n) is 0.665. The maximum absolute atomic E-state index is 8.09. The Kier molecular flexibility index (Phi) is 4.51. The van der Waals surface area contributed by atoms with Gasteiger partial charge in [0.25, 0.3) is 0 Å². The molecular weight excluding hydrogens is 114 g/mol. The van der Waals surface area contributed by atoms with Gasteiger partial charge in [0.1, 0.15) is 0 Å². The molecule has 0 unspecified atom stereocenters. The van der Waals surface area contributed by atoms with Crippen LogP contribution in [0.4, 0.5) is 0 Å². The molecule has 0 bridgehead atoms. The molecule has 0 aromatic rings. The van der Waals surface area contributed by atoms with Gasteiger partial charge >= 0.3 is 0 Å². The molecule has 0 heterocycles. The van der Waals surface area contributed by atoms with Gasteiger partial charge in [-0.25, -0.2) is 0 Å². The van der Waals surface area contributed by atoms with Crippen LogP contribution >= 0.6 is 0 Å². The van der Waals surface area contributed by atoms with Gasteiger partial charge in [0.05, 0.1) is 25.4 Å². The zero-order chi connectivity index (χ0) is 7.11. The van der Waals surface area contributed by atoms with Crippen LogP contribution in [0.1, 0.15) is 6.42 Å². The Labute approximate surface area is 55.6 Å². The van der Waals surface area contributed by atoms with E-state index in [0.29, 0.717) is 13.0 Å². The molecule has 0 aliphatic heterocycles. The van der Waals surface area contributed by atoms with E-state index in [1.54, 1.807) is 6.34 Å². The minimum absolute atomic E-state index is 0.504. The third-order valence-corrected chi connectivity index (χ3v) is 0.665. The van der Waals surface area contributed by atoms with Gasteiger partial charge in [-0.05, 0) is 0 Å². The standard InChI is InChI=1S/C6H11N3/c1-9(2)6-8-5-3-4-7/h6H,3,5H2,1-2H3. The Morgan fingerprint density at radius 3 is 2.78 bits per heavy atom. The van der Waals surface area contributed by atoms with E-state index in [1.165, 1.54) is 0 Å². The number of hydrogen-bond donors (Lipinski definition) is 0. The first-order chi connectivity index (χ1) is 4.27. The second-order valence-electron chi connectivity index (χ2n) is 1.89. The Hall–Kier alpha value is -1.04. The Balaban J connectivity index is 3.17. The molecule has 3 nitrogen and oxygen atoms in total. The van der Waals surface area contributed by atoms with Crippen LogP contribution in [-0.2, 0) is 0 Å². The Bertz CT molecular complexity index is 121. The summed E-state index contributed by atoms with van der Waals surface area (Å²) in [5, 5.41) is 8.09. The van der Waals surface area contributed by atoms with Crippen molar-refractivity contribution in [3.05, 3.63) is 0 Å². The number of aliphatic imine (C=N–C) groups is 1. The van der Waals surface area contributed by atoms with E-state index < -0.39 is 0 Å². The normalized spacial score (nSPS) is 9.44. The van der Waals surface area contributed by atoms with E-state index in [9.17, 15) is 0 Å². The first-order valence-electron chi connectivity index (χ1n) is 2.80. The molecule has 0 saturated carbocycles. The molecule has 0 aromatic carbocycles. The van der Waals surface area contributed by atoms with Crippen molar-refractivity contribution in [3.63, 3.8) is 0 Å². The average Bonchev–Trinajstić information content (AvgIpc) is 1.80. The van der Waals surface area contributed by atoms with Gasteiger partial charge < -0.3 is 4.90 Å². The molecule has 0 radical (unpaired) electrons. The zero-order valence-corrected chi connectivity index (χ0v) is 5.83. The van der Waals surface area contributed by atoms with Crippen molar-refractivity contribution in [3.8, 4) is 6.07 Å². The lowest BCUT2D eigenvalue weighted by Crippen LogP contribution is -2.07. The topological polar surface area (TPSA) is 39.4 Å². The maximum Gasteiger partial charge on any atom is 0.0845 e. The van der Waals surface area contributed by atoms with E-state index in [2.05, 4.69) is 4.99 Å². The van der Waals surface area contributed by atoms with Crippen molar-refractivity contribution in [2.24, 2.45) is 4.99 Å². The number of hydrogen-bond acceptors (Lipinski definition) is 2. The summed E-state index contributed by atoms with van der Waals surface area (Å²) < 4.78 is 0. The zero-order valence-electron chi connectivity index (χ0n) is 5.83. The Morgan fingerprint density at radius 2 is 2.33 bits per heavy atom. The highest BCUT2D eigenvalue weighted by atomic mass is 15.1. The van der Waals surface area contributed by atoms with Crippen LogP contribution in [0.15, 0.2) is 4.99 Å². The van der Waals surface area contributed by atoms with E-state index in [4.69, 9.17) is 5.26 Å². The predicted molar refractivity (Wildman–Crippen MR) is 37.3 cm³/mol. The van der Waals surface area contributed by atoms with Crippen molar-refractivity contribution in [2.75, 3.05) is 20.6 Å². The van der Waals surface area contributed by atoms with Crippen molar-refractivity contribution in [1.82, 2.24) is 4.90 Å². The van der Waals surface area contributed by atoms with Crippen LogP contribution in [0, 0.1) is 11.3 Å². The molecule has 0 spiro atoms. The van der Waals surface area contributed by atoms with Crippen LogP contribution in [0.2, 0.25) is 0 Å². The summed E-state index contributed by atoms with van der Waals surface area (Å²) in [7, 11) is 3.80. The van der Waals surface area contributed by atoms with Crippen molar-refractivity contribution in [2.45, 2.75) is 6.42 Å². The molecule has 0 rings (SSSR count). The summed E-state index contributed by atoms with van der Waals surface area (Å²) in [6, 6.07) is 2.01. The second kappa shape index (κ2) is 5.10. The molecule has 0 atom stereocenters. The van der Waals surface area contributed by atoms with E-state index in [0.717, 1.165) is 0 Å². The minimum atomic E-state index is 0.504. The average molecular weight is 125 g/mol. The first kappa shape index (κ1) is 7.96.